The highest BCUT2D eigenvalue weighted by molar-refractivity contribution is 5.95. The van der Waals surface area contributed by atoms with Gasteiger partial charge >= 0.3 is 6.18 Å². The van der Waals surface area contributed by atoms with Crippen molar-refractivity contribution in [3.8, 4) is 11.3 Å². The molecule has 0 radical (unpaired) electrons. The summed E-state index contributed by atoms with van der Waals surface area (Å²) >= 11 is 0. The standard InChI is InChI=1S/C30H31F3N6O2/c1-28(2,3)21-16-23(19-9-11-20(12-10-19)30(31,32)33)36-39-17-24(35-25(21)39)27(41)38-15-14-37(18-29(38,4)5)26(40)22-8-6-7-13-34-22/h6-13,16-17H,14-15,18H2,1-5H3. The van der Waals surface area contributed by atoms with E-state index in [1.807, 2.05) is 40.7 Å². The maximum absolute atomic E-state index is 13.8. The molecule has 3 aromatic heterocycles. The van der Waals surface area contributed by atoms with E-state index in [4.69, 9.17) is 0 Å². The largest absolute Gasteiger partial charge is 0.416 e. The van der Waals surface area contributed by atoms with E-state index < -0.39 is 22.7 Å². The average molecular weight is 565 g/mol. The molecule has 0 N–H and O–H groups in total. The second-order valence-corrected chi connectivity index (χ2v) is 11.9. The van der Waals surface area contributed by atoms with Gasteiger partial charge in [0.2, 0.25) is 0 Å². The van der Waals surface area contributed by atoms with E-state index in [0.29, 0.717) is 42.2 Å². The van der Waals surface area contributed by atoms with Gasteiger partial charge in [-0.25, -0.2) is 9.50 Å². The zero-order chi connectivity index (χ0) is 29.7. The van der Waals surface area contributed by atoms with Gasteiger partial charge in [0.05, 0.1) is 23.0 Å². The van der Waals surface area contributed by atoms with Crippen LogP contribution < -0.4 is 0 Å². The van der Waals surface area contributed by atoms with E-state index in [0.717, 1.165) is 17.7 Å². The zero-order valence-corrected chi connectivity index (χ0v) is 23.5. The van der Waals surface area contributed by atoms with Gasteiger partial charge in [0, 0.05) is 37.0 Å². The van der Waals surface area contributed by atoms with E-state index >= 15 is 0 Å². The van der Waals surface area contributed by atoms with Crippen LogP contribution in [0.3, 0.4) is 0 Å². The smallest absolute Gasteiger partial charge is 0.333 e. The van der Waals surface area contributed by atoms with Crippen molar-refractivity contribution < 1.29 is 22.8 Å². The van der Waals surface area contributed by atoms with Crippen LogP contribution >= 0.6 is 0 Å². The molecule has 0 aliphatic carbocycles. The highest BCUT2D eigenvalue weighted by atomic mass is 19.4. The van der Waals surface area contributed by atoms with Gasteiger partial charge in [-0.2, -0.15) is 18.3 Å². The topological polar surface area (TPSA) is 83.7 Å². The van der Waals surface area contributed by atoms with Crippen LogP contribution in [0.15, 0.2) is 60.9 Å². The Bertz CT molecular complexity index is 1610. The van der Waals surface area contributed by atoms with Crippen molar-refractivity contribution in [3.63, 3.8) is 0 Å². The van der Waals surface area contributed by atoms with Crippen molar-refractivity contribution in [3.05, 3.63) is 83.4 Å². The van der Waals surface area contributed by atoms with Crippen LogP contribution in [0.5, 0.6) is 0 Å². The molecule has 1 aliphatic heterocycles. The number of benzene rings is 1. The summed E-state index contributed by atoms with van der Waals surface area (Å²) in [6.07, 6.45) is -1.30. The van der Waals surface area contributed by atoms with Crippen molar-refractivity contribution in [2.75, 3.05) is 19.6 Å². The number of carbonyl (C=O) groups excluding carboxylic acids is 2. The number of carbonyl (C=O) groups is 2. The van der Waals surface area contributed by atoms with Crippen molar-refractivity contribution >= 4 is 17.5 Å². The lowest BCUT2D eigenvalue weighted by atomic mass is 9.87. The molecule has 0 bridgehead atoms. The van der Waals surface area contributed by atoms with Gasteiger partial charge in [-0.3, -0.25) is 14.6 Å². The van der Waals surface area contributed by atoms with E-state index in [1.165, 1.54) is 16.6 Å². The zero-order valence-electron chi connectivity index (χ0n) is 23.5. The van der Waals surface area contributed by atoms with Crippen molar-refractivity contribution in [1.29, 1.82) is 0 Å². The number of imidazole rings is 1. The Hall–Kier alpha value is -4.28. The quantitative estimate of drug-likeness (QED) is 0.329. The summed E-state index contributed by atoms with van der Waals surface area (Å²) < 4.78 is 40.8. The van der Waals surface area contributed by atoms with Crippen molar-refractivity contribution in [2.24, 2.45) is 0 Å². The number of nitrogens with zero attached hydrogens (tertiary/aromatic N) is 6. The fourth-order valence-electron chi connectivity index (χ4n) is 5.10. The second-order valence-electron chi connectivity index (χ2n) is 11.9. The molecule has 1 aliphatic rings. The number of alkyl halides is 3. The van der Waals surface area contributed by atoms with Gasteiger partial charge in [0.25, 0.3) is 11.8 Å². The Kier molecular flexibility index (Phi) is 6.87. The fourth-order valence-corrected chi connectivity index (χ4v) is 5.10. The molecule has 4 heterocycles. The highest BCUT2D eigenvalue weighted by Crippen LogP contribution is 2.33. The average Bonchev–Trinajstić information content (AvgIpc) is 3.35. The van der Waals surface area contributed by atoms with Crippen LogP contribution in [0.4, 0.5) is 13.2 Å². The van der Waals surface area contributed by atoms with Crippen LogP contribution in [0, 0.1) is 0 Å². The number of piperazine rings is 1. The molecule has 4 aromatic rings. The fraction of sp³-hybridized carbons (Fsp3) is 0.367. The third kappa shape index (κ3) is 5.53. The van der Waals surface area contributed by atoms with Gasteiger partial charge in [0.1, 0.15) is 11.4 Å². The first kappa shape index (κ1) is 28.3. The van der Waals surface area contributed by atoms with E-state index in [-0.39, 0.29) is 17.5 Å². The SMILES string of the molecule is CC(C)(C)c1cc(-c2ccc(C(F)(F)F)cc2)nn2cc(C(=O)N3CCN(C(=O)c4ccccn4)CC3(C)C)nc12. The molecule has 41 heavy (non-hydrogen) atoms. The molecule has 2 amide bonds. The van der Waals surface area contributed by atoms with Crippen LogP contribution in [-0.4, -0.2) is 66.4 Å². The Morgan fingerprint density at radius 2 is 1.63 bits per heavy atom. The molecular formula is C30H31F3N6O2. The number of fused-ring (bicyclic) bond motifs is 1. The van der Waals surface area contributed by atoms with Crippen LogP contribution in [0.1, 0.15) is 66.7 Å². The molecule has 1 aromatic carbocycles. The summed E-state index contributed by atoms with van der Waals surface area (Å²) in [6, 6.07) is 11.8. The minimum absolute atomic E-state index is 0.187. The third-order valence-corrected chi connectivity index (χ3v) is 7.28. The van der Waals surface area contributed by atoms with Crippen LogP contribution in [0.2, 0.25) is 0 Å². The molecule has 0 atom stereocenters. The highest BCUT2D eigenvalue weighted by Gasteiger charge is 2.40. The molecule has 1 fully saturated rings. The Morgan fingerprint density at radius 3 is 2.22 bits per heavy atom. The molecule has 0 unspecified atom stereocenters. The monoisotopic (exact) mass is 564 g/mol. The molecular weight excluding hydrogens is 533 g/mol. The maximum Gasteiger partial charge on any atom is 0.416 e. The Labute approximate surface area is 235 Å². The molecule has 5 rings (SSSR count). The van der Waals surface area contributed by atoms with Gasteiger partial charge < -0.3 is 9.80 Å². The summed E-state index contributed by atoms with van der Waals surface area (Å²) in [4.78, 5) is 39.0. The summed E-state index contributed by atoms with van der Waals surface area (Å²) in [7, 11) is 0. The lowest BCUT2D eigenvalue weighted by Gasteiger charge is -2.46. The molecule has 0 spiro atoms. The first-order chi connectivity index (χ1) is 19.1. The Balaban J connectivity index is 1.46. The minimum Gasteiger partial charge on any atom is -0.333 e. The summed E-state index contributed by atoms with van der Waals surface area (Å²) in [6.45, 7) is 10.8. The number of rotatable bonds is 3. The molecule has 214 valence electrons. The van der Waals surface area contributed by atoms with E-state index in [2.05, 4.69) is 15.1 Å². The number of aromatic nitrogens is 4. The minimum atomic E-state index is -4.43. The van der Waals surface area contributed by atoms with Crippen LogP contribution in [-0.2, 0) is 11.6 Å². The molecule has 8 nitrogen and oxygen atoms in total. The number of pyridine rings is 1. The lowest BCUT2D eigenvalue weighted by molar-refractivity contribution is -0.137. The van der Waals surface area contributed by atoms with Gasteiger partial charge in [0.15, 0.2) is 5.65 Å². The summed E-state index contributed by atoms with van der Waals surface area (Å²) in [5.74, 6) is -0.477. The molecule has 1 saturated heterocycles. The first-order valence-corrected chi connectivity index (χ1v) is 13.3. The Morgan fingerprint density at radius 1 is 0.927 bits per heavy atom. The predicted molar refractivity (Wildman–Crippen MR) is 147 cm³/mol. The van der Waals surface area contributed by atoms with Gasteiger partial charge in [-0.05, 0) is 49.6 Å². The lowest BCUT2D eigenvalue weighted by Crippen LogP contribution is -2.62. The predicted octanol–water partition coefficient (Wildman–Crippen LogP) is 5.48. The van der Waals surface area contributed by atoms with Gasteiger partial charge in [-0.15, -0.1) is 0 Å². The summed E-state index contributed by atoms with van der Waals surface area (Å²) in [5, 5.41) is 4.61. The van der Waals surface area contributed by atoms with E-state index in [9.17, 15) is 22.8 Å². The second kappa shape index (κ2) is 9.97. The normalized spacial score (nSPS) is 15.8. The number of amides is 2. The maximum atomic E-state index is 13.8. The van der Waals surface area contributed by atoms with Crippen LogP contribution in [0.25, 0.3) is 16.9 Å². The van der Waals surface area contributed by atoms with Crippen molar-refractivity contribution in [1.82, 2.24) is 29.4 Å². The van der Waals surface area contributed by atoms with E-state index in [1.54, 1.807) is 40.4 Å². The third-order valence-electron chi connectivity index (χ3n) is 7.28. The molecule has 0 saturated carbocycles. The number of halogens is 3. The van der Waals surface area contributed by atoms with Crippen molar-refractivity contribution in [2.45, 2.75) is 51.7 Å². The number of hydrogen-bond acceptors (Lipinski definition) is 5. The molecule has 11 heteroatoms. The first-order valence-electron chi connectivity index (χ1n) is 13.3. The summed E-state index contributed by atoms with van der Waals surface area (Å²) in [5.41, 5.74) is 1.02. The number of hydrogen-bond donors (Lipinski definition) is 0. The van der Waals surface area contributed by atoms with Gasteiger partial charge in [-0.1, -0.05) is 39.0 Å².